The number of hydrogen-bond acceptors (Lipinski definition) is 9. The van der Waals surface area contributed by atoms with Crippen LogP contribution in [0.5, 0.6) is 11.5 Å². The van der Waals surface area contributed by atoms with Crippen LogP contribution in [0.2, 0.25) is 0 Å². The number of carbonyl (C=O) groups is 3. The lowest BCUT2D eigenvalue weighted by molar-refractivity contribution is -0.140. The molecule has 3 aromatic rings. The average Bonchev–Trinajstić information content (AvgIpc) is 2.90. The second-order valence-electron chi connectivity index (χ2n) is 7.54. The monoisotopic (exact) mass is 488 g/mol. The molecule has 0 aliphatic rings. The molecule has 0 aliphatic heterocycles. The predicted molar refractivity (Wildman–Crippen MR) is 131 cm³/mol. The Balaban J connectivity index is 1.75. The molecule has 0 saturated carbocycles. The lowest BCUT2D eigenvalue weighted by Gasteiger charge is -2.09. The van der Waals surface area contributed by atoms with Gasteiger partial charge in [-0.1, -0.05) is 43.0 Å². The Hall–Kier alpha value is -4.79. The molecule has 9 nitrogen and oxygen atoms in total. The SMILES string of the molecule is C=C(C)C(=O)OCCOC(=O)c1cccc(/N=N/c2cc(C(=O)c3ccccc3)c(O)cc2OC)c1. The lowest BCUT2D eigenvalue weighted by Crippen LogP contribution is -2.14. The van der Waals surface area contributed by atoms with Crippen LogP contribution >= 0.6 is 0 Å². The van der Waals surface area contributed by atoms with Gasteiger partial charge in [-0.15, -0.1) is 5.11 Å². The standard InChI is InChI=1S/C27H24N2O7/c1-17(2)26(32)35-12-13-36-27(33)19-10-7-11-20(14-19)28-29-22-15-21(23(30)16-24(22)34-3)25(31)18-8-5-4-6-9-18/h4-11,14-16,30H,1,12-13H2,2-3H3/b29-28+. The molecule has 0 saturated heterocycles. The number of carbonyl (C=O) groups excluding carboxylic acids is 3. The van der Waals surface area contributed by atoms with Gasteiger partial charge < -0.3 is 19.3 Å². The molecule has 1 N–H and O–H groups in total. The maximum absolute atomic E-state index is 12.8. The first-order valence-corrected chi connectivity index (χ1v) is 10.8. The summed E-state index contributed by atoms with van der Waals surface area (Å²) in [7, 11) is 1.40. The normalized spacial score (nSPS) is 10.6. The number of ether oxygens (including phenoxy) is 3. The van der Waals surface area contributed by atoms with E-state index in [1.165, 1.54) is 32.2 Å². The zero-order valence-electron chi connectivity index (χ0n) is 19.8. The van der Waals surface area contributed by atoms with Crippen molar-refractivity contribution in [3.8, 4) is 11.5 Å². The molecule has 0 amide bonds. The highest BCUT2D eigenvalue weighted by molar-refractivity contribution is 6.11. The molecule has 3 aromatic carbocycles. The van der Waals surface area contributed by atoms with Crippen LogP contribution in [0, 0.1) is 0 Å². The third-order valence-corrected chi connectivity index (χ3v) is 4.83. The summed E-state index contributed by atoms with van der Waals surface area (Å²) in [6.07, 6.45) is 0. The molecule has 0 unspecified atom stereocenters. The zero-order chi connectivity index (χ0) is 26.1. The topological polar surface area (TPSA) is 124 Å². The van der Waals surface area contributed by atoms with E-state index >= 15 is 0 Å². The number of phenols is 1. The molecule has 3 rings (SSSR count). The first-order chi connectivity index (χ1) is 17.3. The molecule has 0 fully saturated rings. The number of benzene rings is 3. The first kappa shape index (κ1) is 25.8. The van der Waals surface area contributed by atoms with E-state index in [9.17, 15) is 19.5 Å². The molecule has 0 radical (unpaired) electrons. The van der Waals surface area contributed by atoms with Crippen molar-refractivity contribution < 1.29 is 33.7 Å². The minimum atomic E-state index is -0.628. The number of methoxy groups -OCH3 is 1. The molecular weight excluding hydrogens is 464 g/mol. The molecule has 36 heavy (non-hydrogen) atoms. The van der Waals surface area contributed by atoms with Crippen molar-refractivity contribution in [1.82, 2.24) is 0 Å². The number of aromatic hydroxyl groups is 1. The molecular formula is C27H24N2O7. The van der Waals surface area contributed by atoms with E-state index in [-0.39, 0.29) is 52.9 Å². The van der Waals surface area contributed by atoms with Crippen LogP contribution in [0.25, 0.3) is 0 Å². The van der Waals surface area contributed by atoms with Gasteiger partial charge in [0.2, 0.25) is 0 Å². The molecule has 0 spiro atoms. The smallest absolute Gasteiger partial charge is 0.338 e. The van der Waals surface area contributed by atoms with E-state index in [0.717, 1.165) is 0 Å². The van der Waals surface area contributed by atoms with Crippen LogP contribution in [-0.2, 0) is 14.3 Å². The Kier molecular flexibility index (Phi) is 8.66. The fourth-order valence-corrected chi connectivity index (χ4v) is 3.01. The highest BCUT2D eigenvalue weighted by atomic mass is 16.6. The predicted octanol–water partition coefficient (Wildman–Crippen LogP) is 5.32. The minimum Gasteiger partial charge on any atom is -0.507 e. The number of phenolic OH excluding ortho intramolecular Hbond substituents is 1. The van der Waals surface area contributed by atoms with Crippen molar-refractivity contribution in [2.24, 2.45) is 10.2 Å². The van der Waals surface area contributed by atoms with Crippen LogP contribution in [0.4, 0.5) is 11.4 Å². The van der Waals surface area contributed by atoms with E-state index in [0.29, 0.717) is 11.3 Å². The van der Waals surface area contributed by atoms with E-state index in [4.69, 9.17) is 14.2 Å². The molecule has 9 heteroatoms. The quantitative estimate of drug-likeness (QED) is 0.135. The van der Waals surface area contributed by atoms with Gasteiger partial charge in [0.1, 0.15) is 30.4 Å². The van der Waals surface area contributed by atoms with Gasteiger partial charge in [-0.2, -0.15) is 5.11 Å². The maximum atomic E-state index is 12.8. The number of nitrogens with zero attached hydrogens (tertiary/aromatic N) is 2. The lowest BCUT2D eigenvalue weighted by atomic mass is 10.0. The second-order valence-corrected chi connectivity index (χ2v) is 7.54. The van der Waals surface area contributed by atoms with Gasteiger partial charge in [0, 0.05) is 17.2 Å². The largest absolute Gasteiger partial charge is 0.507 e. The van der Waals surface area contributed by atoms with Crippen LogP contribution in [-0.4, -0.2) is 43.2 Å². The van der Waals surface area contributed by atoms with Gasteiger partial charge >= 0.3 is 11.9 Å². The Morgan fingerprint density at radius 3 is 2.28 bits per heavy atom. The number of rotatable bonds is 10. The maximum Gasteiger partial charge on any atom is 0.338 e. The molecule has 0 bridgehead atoms. The summed E-state index contributed by atoms with van der Waals surface area (Å²) in [5.41, 5.74) is 1.46. The van der Waals surface area contributed by atoms with Gasteiger partial charge in [-0.3, -0.25) is 4.79 Å². The van der Waals surface area contributed by atoms with Gasteiger partial charge in [-0.25, -0.2) is 9.59 Å². The van der Waals surface area contributed by atoms with E-state index in [1.807, 2.05) is 0 Å². The molecule has 0 aromatic heterocycles. The Morgan fingerprint density at radius 2 is 1.58 bits per heavy atom. The van der Waals surface area contributed by atoms with Crippen molar-refractivity contribution in [3.63, 3.8) is 0 Å². The number of azo groups is 1. The van der Waals surface area contributed by atoms with E-state index < -0.39 is 11.9 Å². The van der Waals surface area contributed by atoms with Gasteiger partial charge in [0.25, 0.3) is 0 Å². The van der Waals surface area contributed by atoms with Gasteiger partial charge in [-0.05, 0) is 31.2 Å². The highest BCUT2D eigenvalue weighted by Crippen LogP contribution is 2.36. The summed E-state index contributed by atoms with van der Waals surface area (Å²) in [6, 6.07) is 17.4. The van der Waals surface area contributed by atoms with Crippen molar-refractivity contribution in [2.45, 2.75) is 6.92 Å². The van der Waals surface area contributed by atoms with Crippen LogP contribution < -0.4 is 4.74 Å². The van der Waals surface area contributed by atoms with Crippen molar-refractivity contribution in [1.29, 1.82) is 0 Å². The fraction of sp³-hybridized carbons (Fsp3) is 0.148. The summed E-state index contributed by atoms with van der Waals surface area (Å²) < 4.78 is 15.3. The van der Waals surface area contributed by atoms with Gasteiger partial charge in [0.15, 0.2) is 5.78 Å². The second kappa shape index (κ2) is 12.1. The molecule has 184 valence electrons. The summed E-state index contributed by atoms with van der Waals surface area (Å²) in [5, 5.41) is 18.6. The minimum absolute atomic E-state index is 0.0422. The Labute approximate surface area is 207 Å². The van der Waals surface area contributed by atoms with Crippen LogP contribution in [0.1, 0.15) is 33.2 Å². The number of ketones is 1. The van der Waals surface area contributed by atoms with Crippen LogP contribution in [0.15, 0.2) is 89.1 Å². The summed E-state index contributed by atoms with van der Waals surface area (Å²) in [6.45, 7) is 4.77. The Bertz CT molecular complexity index is 1320. The Morgan fingerprint density at radius 1 is 0.889 bits per heavy atom. The van der Waals surface area contributed by atoms with Crippen molar-refractivity contribution >= 4 is 29.1 Å². The van der Waals surface area contributed by atoms with Gasteiger partial charge in [0.05, 0.1) is 23.9 Å². The third-order valence-electron chi connectivity index (χ3n) is 4.83. The van der Waals surface area contributed by atoms with E-state index in [2.05, 4.69) is 16.8 Å². The van der Waals surface area contributed by atoms with Crippen LogP contribution in [0.3, 0.4) is 0 Å². The third kappa shape index (κ3) is 6.63. The number of hydrogen-bond donors (Lipinski definition) is 1. The summed E-state index contributed by atoms with van der Waals surface area (Å²) in [5.74, 6) is -1.62. The fourth-order valence-electron chi connectivity index (χ4n) is 3.01. The first-order valence-electron chi connectivity index (χ1n) is 10.8. The average molecular weight is 488 g/mol. The molecule has 0 heterocycles. The van der Waals surface area contributed by atoms with E-state index in [1.54, 1.807) is 48.5 Å². The summed E-state index contributed by atoms with van der Waals surface area (Å²) in [4.78, 5) is 36.5. The van der Waals surface area contributed by atoms with Crippen molar-refractivity contribution in [2.75, 3.05) is 20.3 Å². The number of esters is 2. The van der Waals surface area contributed by atoms with Crippen molar-refractivity contribution in [3.05, 3.63) is 95.6 Å². The highest BCUT2D eigenvalue weighted by Gasteiger charge is 2.18. The molecule has 0 atom stereocenters. The summed E-state index contributed by atoms with van der Waals surface area (Å²) >= 11 is 0. The molecule has 0 aliphatic carbocycles. The zero-order valence-corrected chi connectivity index (χ0v) is 19.8.